The third-order valence-corrected chi connectivity index (χ3v) is 8.04. The minimum Gasteiger partial charge on any atom is -0.481 e. The summed E-state index contributed by atoms with van der Waals surface area (Å²) in [5.74, 6) is -3.21. The Labute approximate surface area is 208 Å². The van der Waals surface area contributed by atoms with E-state index in [2.05, 4.69) is 15.3 Å². The van der Waals surface area contributed by atoms with Crippen LogP contribution in [0.1, 0.15) is 48.2 Å². The molecule has 0 aliphatic heterocycles. The Morgan fingerprint density at radius 2 is 1.76 bits per heavy atom. The van der Waals surface area contributed by atoms with Gasteiger partial charge in [0.2, 0.25) is 0 Å². The van der Waals surface area contributed by atoms with E-state index in [0.29, 0.717) is 0 Å². The molecule has 5 nitrogen and oxygen atoms in total. The van der Waals surface area contributed by atoms with Gasteiger partial charge in [-0.3, -0.25) is 4.79 Å². The largest absolute Gasteiger partial charge is 0.481 e. The van der Waals surface area contributed by atoms with Gasteiger partial charge >= 0.3 is 12.1 Å². The maximum Gasteiger partial charge on any atom is 0.418 e. The molecular formula is C27H22F5N3O2. The number of anilines is 1. The first-order chi connectivity index (χ1) is 17.6. The predicted octanol–water partition coefficient (Wildman–Crippen LogP) is 6.22. The number of aromatic nitrogens is 2. The second-order valence-corrected chi connectivity index (χ2v) is 10.0. The predicted molar refractivity (Wildman–Crippen MR) is 126 cm³/mol. The summed E-state index contributed by atoms with van der Waals surface area (Å²) in [5.41, 5.74) is -0.695. The van der Waals surface area contributed by atoms with Gasteiger partial charge in [0.1, 0.15) is 17.5 Å². The van der Waals surface area contributed by atoms with Gasteiger partial charge in [0, 0.05) is 23.1 Å². The summed E-state index contributed by atoms with van der Waals surface area (Å²) in [6.45, 7) is 0. The number of halogens is 5. The fourth-order valence-electron chi connectivity index (χ4n) is 6.36. The molecule has 0 spiro atoms. The lowest BCUT2D eigenvalue weighted by molar-refractivity contribution is -0.148. The van der Waals surface area contributed by atoms with E-state index in [4.69, 9.17) is 0 Å². The number of nitrogens with one attached hydrogen (secondary N) is 1. The number of carboxylic acids is 1. The molecule has 7 rings (SSSR count). The van der Waals surface area contributed by atoms with Gasteiger partial charge in [-0.05, 0) is 73.3 Å². The second kappa shape index (κ2) is 8.49. The van der Waals surface area contributed by atoms with Crippen molar-refractivity contribution in [2.45, 2.75) is 44.3 Å². The van der Waals surface area contributed by atoms with Gasteiger partial charge in [0.05, 0.1) is 17.0 Å². The minimum absolute atomic E-state index is 0.0197. The molecule has 2 aromatic carbocycles. The number of aliphatic carboxylic acids is 1. The van der Waals surface area contributed by atoms with Crippen molar-refractivity contribution < 1.29 is 31.9 Å². The molecule has 10 heteroatoms. The van der Waals surface area contributed by atoms with Crippen LogP contribution in [0.3, 0.4) is 0 Å². The first-order valence-corrected chi connectivity index (χ1v) is 12.2. The topological polar surface area (TPSA) is 75.1 Å². The molecule has 3 aromatic rings. The Hall–Kier alpha value is -3.56. The highest BCUT2D eigenvalue weighted by atomic mass is 19.4. The van der Waals surface area contributed by atoms with Crippen LogP contribution in [0.5, 0.6) is 0 Å². The molecule has 3 fully saturated rings. The summed E-state index contributed by atoms with van der Waals surface area (Å²) < 4.78 is 70.4. The Morgan fingerprint density at radius 1 is 1.03 bits per heavy atom. The standard InChI is InChI=1S/C27H22F5N3O2/c28-14-10-18-15(20(29)11-14)8-9-16(18)24-34-23-17(2-1-3-19(23)27(30,31)32)25(35-24)33-22-13-6-4-12(5-7-13)21(22)26(36)37/h1-3,9-13,21-22H,4-8H2,(H,36,37)(H,33,34,35). The van der Waals surface area contributed by atoms with Crippen molar-refractivity contribution in [1.82, 2.24) is 9.97 Å². The molecule has 4 aliphatic rings. The lowest BCUT2D eigenvalue weighted by Gasteiger charge is -2.47. The van der Waals surface area contributed by atoms with Crippen molar-refractivity contribution in [3.8, 4) is 0 Å². The SMILES string of the molecule is O=C(O)C1C2CCC(CC2)C1Nc1nc(C2=CCc3c(F)cc(F)cc32)nc2c(C(F)(F)F)cccc12. The fourth-order valence-corrected chi connectivity index (χ4v) is 6.36. The number of carboxylic acid groups (broad SMARTS) is 1. The van der Waals surface area contributed by atoms with E-state index < -0.39 is 41.3 Å². The van der Waals surface area contributed by atoms with Gasteiger partial charge in [-0.25, -0.2) is 18.7 Å². The van der Waals surface area contributed by atoms with Gasteiger partial charge in [0.25, 0.3) is 0 Å². The summed E-state index contributed by atoms with van der Waals surface area (Å²) in [7, 11) is 0. The molecular weight excluding hydrogens is 493 g/mol. The van der Waals surface area contributed by atoms with Crippen LogP contribution in [0.2, 0.25) is 0 Å². The maximum absolute atomic E-state index is 14.4. The Kier molecular flexibility index (Phi) is 5.47. The molecule has 2 N–H and O–H groups in total. The molecule has 0 saturated heterocycles. The quantitative estimate of drug-likeness (QED) is 0.404. The van der Waals surface area contributed by atoms with E-state index in [-0.39, 0.29) is 57.5 Å². The van der Waals surface area contributed by atoms with E-state index in [1.54, 1.807) is 6.08 Å². The first kappa shape index (κ1) is 23.8. The number of carbonyl (C=O) groups is 1. The van der Waals surface area contributed by atoms with Crippen LogP contribution < -0.4 is 5.32 Å². The number of benzene rings is 2. The molecule has 192 valence electrons. The molecule has 0 amide bonds. The average molecular weight is 515 g/mol. The highest BCUT2D eigenvalue weighted by Crippen LogP contribution is 2.47. The summed E-state index contributed by atoms with van der Waals surface area (Å²) in [4.78, 5) is 20.9. The van der Waals surface area contributed by atoms with E-state index in [0.717, 1.165) is 43.9 Å². The zero-order valence-electron chi connectivity index (χ0n) is 19.4. The molecule has 1 heterocycles. The maximum atomic E-state index is 14.4. The summed E-state index contributed by atoms with van der Waals surface area (Å²) in [6.07, 6.45) is 0.228. The molecule has 2 bridgehead atoms. The van der Waals surface area contributed by atoms with Crippen molar-refractivity contribution in [2.24, 2.45) is 17.8 Å². The van der Waals surface area contributed by atoms with Gasteiger partial charge < -0.3 is 10.4 Å². The number of hydrogen-bond acceptors (Lipinski definition) is 4. The third kappa shape index (κ3) is 3.93. The molecule has 37 heavy (non-hydrogen) atoms. The first-order valence-electron chi connectivity index (χ1n) is 12.2. The summed E-state index contributed by atoms with van der Waals surface area (Å²) in [6, 6.07) is 5.01. The van der Waals surface area contributed by atoms with Gasteiger partial charge in [0.15, 0.2) is 5.82 Å². The number of fused-ring (bicyclic) bond motifs is 5. The van der Waals surface area contributed by atoms with Crippen LogP contribution in [0, 0.1) is 29.4 Å². The molecule has 3 saturated carbocycles. The minimum atomic E-state index is -4.71. The molecule has 1 aromatic heterocycles. The monoisotopic (exact) mass is 515 g/mol. The fraction of sp³-hybridized carbons (Fsp3) is 0.370. The number of hydrogen-bond donors (Lipinski definition) is 2. The second-order valence-electron chi connectivity index (χ2n) is 10.0. The molecule has 4 aliphatic carbocycles. The van der Waals surface area contributed by atoms with Gasteiger partial charge in [-0.2, -0.15) is 13.2 Å². The van der Waals surface area contributed by atoms with Crippen molar-refractivity contribution in [3.63, 3.8) is 0 Å². The number of alkyl halides is 3. The van der Waals surface area contributed by atoms with Crippen LogP contribution in [-0.4, -0.2) is 27.1 Å². The van der Waals surface area contributed by atoms with E-state index in [1.165, 1.54) is 12.1 Å². The zero-order valence-corrected chi connectivity index (χ0v) is 19.4. The van der Waals surface area contributed by atoms with Crippen LogP contribution in [0.25, 0.3) is 16.5 Å². The number of nitrogens with zero attached hydrogens (tertiary/aromatic N) is 2. The van der Waals surface area contributed by atoms with Crippen molar-refractivity contribution >= 4 is 28.3 Å². The normalized spacial score (nSPS) is 24.7. The van der Waals surface area contributed by atoms with E-state index in [1.807, 2.05) is 0 Å². The van der Waals surface area contributed by atoms with Crippen LogP contribution in [0.4, 0.5) is 27.8 Å². The smallest absolute Gasteiger partial charge is 0.418 e. The van der Waals surface area contributed by atoms with Crippen molar-refractivity contribution in [1.29, 1.82) is 0 Å². The summed E-state index contributed by atoms with van der Waals surface area (Å²) in [5, 5.41) is 13.3. The van der Waals surface area contributed by atoms with Gasteiger partial charge in [-0.1, -0.05) is 12.1 Å². The Bertz CT molecular complexity index is 1460. The van der Waals surface area contributed by atoms with Crippen LogP contribution >= 0.6 is 0 Å². The lowest BCUT2D eigenvalue weighted by Crippen LogP contribution is -2.51. The molecule has 2 atom stereocenters. The lowest BCUT2D eigenvalue weighted by atomic mass is 9.61. The van der Waals surface area contributed by atoms with Crippen LogP contribution in [-0.2, 0) is 17.4 Å². The van der Waals surface area contributed by atoms with Crippen LogP contribution in [0.15, 0.2) is 36.4 Å². The summed E-state index contributed by atoms with van der Waals surface area (Å²) >= 11 is 0. The number of rotatable bonds is 4. The number of allylic oxidation sites excluding steroid dienone is 1. The molecule has 0 radical (unpaired) electrons. The zero-order chi connectivity index (χ0) is 26.1. The molecule has 2 unspecified atom stereocenters. The third-order valence-electron chi connectivity index (χ3n) is 8.04. The van der Waals surface area contributed by atoms with Crippen molar-refractivity contribution in [2.75, 3.05) is 5.32 Å². The highest BCUT2D eigenvalue weighted by Gasteiger charge is 2.47. The van der Waals surface area contributed by atoms with E-state index >= 15 is 0 Å². The van der Waals surface area contributed by atoms with E-state index in [9.17, 15) is 31.9 Å². The Balaban J connectivity index is 1.53. The highest BCUT2D eigenvalue weighted by molar-refractivity contribution is 5.94. The van der Waals surface area contributed by atoms with Crippen molar-refractivity contribution in [3.05, 3.63) is 70.6 Å². The Morgan fingerprint density at radius 3 is 2.46 bits per heavy atom. The van der Waals surface area contributed by atoms with Gasteiger partial charge in [-0.15, -0.1) is 0 Å². The average Bonchev–Trinajstić information content (AvgIpc) is 3.27. The number of para-hydroxylation sites is 1.